The molecule has 3 aromatic rings. The lowest BCUT2D eigenvalue weighted by molar-refractivity contribution is 0.414. The van der Waals surface area contributed by atoms with Crippen molar-refractivity contribution >= 4 is 11.0 Å². The summed E-state index contributed by atoms with van der Waals surface area (Å²) in [6, 6.07) is 9.22. The molecule has 7 heteroatoms. The smallest absolute Gasteiger partial charge is 0.227 e. The van der Waals surface area contributed by atoms with Gasteiger partial charge in [0.05, 0.1) is 7.11 Å². The zero-order valence-electron chi connectivity index (χ0n) is 12.2. The second-order valence-corrected chi connectivity index (χ2v) is 4.86. The highest BCUT2D eigenvalue weighted by molar-refractivity contribution is 5.81. The number of nitriles is 1. The van der Waals surface area contributed by atoms with Crippen LogP contribution in [0.15, 0.2) is 41.6 Å². The average molecular weight is 308 g/mol. The minimum absolute atomic E-state index is 0.0555. The van der Waals surface area contributed by atoms with Crippen LogP contribution >= 0.6 is 0 Å². The van der Waals surface area contributed by atoms with Gasteiger partial charge in [-0.3, -0.25) is 4.79 Å². The van der Waals surface area contributed by atoms with E-state index in [1.807, 2.05) is 30.3 Å². The first-order valence-electron chi connectivity index (χ1n) is 6.74. The summed E-state index contributed by atoms with van der Waals surface area (Å²) < 4.78 is 6.75. The maximum absolute atomic E-state index is 12.2. The minimum atomic E-state index is -0.577. The molecule has 0 aliphatic rings. The number of benzene rings is 1. The summed E-state index contributed by atoms with van der Waals surface area (Å²) in [6.45, 7) is 0.381. The van der Waals surface area contributed by atoms with Gasteiger partial charge >= 0.3 is 0 Å². The molecule has 0 spiro atoms. The van der Waals surface area contributed by atoms with Gasteiger partial charge in [0.25, 0.3) is 0 Å². The summed E-state index contributed by atoms with van der Waals surface area (Å²) in [4.78, 5) is 19.9. The van der Waals surface area contributed by atoms with Crippen molar-refractivity contribution in [2.75, 3.05) is 7.11 Å². The maximum Gasteiger partial charge on any atom is 0.227 e. The molecule has 23 heavy (non-hydrogen) atoms. The molecule has 0 aliphatic heterocycles. The molecule has 3 rings (SSSR count). The normalized spacial score (nSPS) is 10.4. The van der Waals surface area contributed by atoms with Gasteiger partial charge in [-0.15, -0.1) is 0 Å². The number of hydrogen-bond acceptors (Lipinski definition) is 6. The van der Waals surface area contributed by atoms with Crippen LogP contribution in [0.5, 0.6) is 11.6 Å². The number of pyridine rings is 1. The molecule has 0 radical (unpaired) electrons. The van der Waals surface area contributed by atoms with E-state index in [-0.39, 0.29) is 16.6 Å². The number of methoxy groups -OCH3 is 1. The summed E-state index contributed by atoms with van der Waals surface area (Å²) >= 11 is 0. The third-order valence-corrected chi connectivity index (χ3v) is 3.47. The SMILES string of the molecule is COc1ccc(Cn2cc(C#N)c(=O)c3c(O)ncnc32)cc1. The molecule has 0 unspecified atom stereocenters. The molecule has 0 amide bonds. The Bertz CT molecular complexity index is 972. The van der Waals surface area contributed by atoms with Gasteiger partial charge in [0.1, 0.15) is 29.1 Å². The zero-order valence-corrected chi connectivity index (χ0v) is 12.2. The lowest BCUT2D eigenvalue weighted by atomic mass is 10.2. The van der Waals surface area contributed by atoms with Crippen LogP contribution in [-0.2, 0) is 6.54 Å². The molecule has 0 saturated heterocycles. The van der Waals surface area contributed by atoms with E-state index in [9.17, 15) is 9.90 Å². The van der Waals surface area contributed by atoms with Crippen LogP contribution in [-0.4, -0.2) is 26.8 Å². The van der Waals surface area contributed by atoms with E-state index < -0.39 is 11.3 Å². The van der Waals surface area contributed by atoms with Crippen molar-refractivity contribution in [2.24, 2.45) is 0 Å². The van der Waals surface area contributed by atoms with Crippen LogP contribution in [0.25, 0.3) is 11.0 Å². The number of hydrogen-bond donors (Lipinski definition) is 1. The van der Waals surface area contributed by atoms with Gasteiger partial charge in [0.15, 0.2) is 5.65 Å². The Morgan fingerprint density at radius 2 is 2.04 bits per heavy atom. The number of rotatable bonds is 3. The van der Waals surface area contributed by atoms with Crippen molar-refractivity contribution in [3.8, 4) is 17.7 Å². The van der Waals surface area contributed by atoms with E-state index in [1.54, 1.807) is 11.7 Å². The minimum Gasteiger partial charge on any atom is -0.497 e. The van der Waals surface area contributed by atoms with Crippen LogP contribution in [0, 0.1) is 11.3 Å². The quantitative estimate of drug-likeness (QED) is 0.785. The first-order chi connectivity index (χ1) is 11.1. The Kier molecular flexibility index (Phi) is 3.65. The third-order valence-electron chi connectivity index (χ3n) is 3.47. The highest BCUT2D eigenvalue weighted by Gasteiger charge is 2.14. The average Bonchev–Trinajstić information content (AvgIpc) is 2.58. The van der Waals surface area contributed by atoms with E-state index in [2.05, 4.69) is 9.97 Å². The van der Waals surface area contributed by atoms with Gasteiger partial charge in [-0.25, -0.2) is 9.97 Å². The van der Waals surface area contributed by atoms with E-state index in [0.29, 0.717) is 6.54 Å². The Morgan fingerprint density at radius 1 is 1.30 bits per heavy atom. The molecule has 114 valence electrons. The monoisotopic (exact) mass is 308 g/mol. The first-order valence-corrected chi connectivity index (χ1v) is 6.74. The van der Waals surface area contributed by atoms with Crippen molar-refractivity contribution in [3.05, 3.63) is 58.1 Å². The highest BCUT2D eigenvalue weighted by Crippen LogP contribution is 2.19. The topological polar surface area (TPSA) is 101 Å². The summed E-state index contributed by atoms with van der Waals surface area (Å²) in [5.41, 5.74) is 0.553. The van der Waals surface area contributed by atoms with E-state index in [4.69, 9.17) is 10.00 Å². The summed E-state index contributed by atoms with van der Waals surface area (Å²) in [6.07, 6.45) is 2.61. The number of nitrogens with zero attached hydrogens (tertiary/aromatic N) is 4. The molecule has 0 atom stereocenters. The van der Waals surface area contributed by atoms with Gasteiger partial charge in [-0.2, -0.15) is 5.26 Å². The number of aromatic hydroxyl groups is 1. The van der Waals surface area contributed by atoms with Crippen LogP contribution in [0.4, 0.5) is 0 Å². The molecule has 0 saturated carbocycles. The van der Waals surface area contributed by atoms with E-state index in [0.717, 1.165) is 11.3 Å². The second kappa shape index (κ2) is 5.77. The predicted molar refractivity (Wildman–Crippen MR) is 82.3 cm³/mol. The van der Waals surface area contributed by atoms with Gasteiger partial charge < -0.3 is 14.4 Å². The fraction of sp³-hybridized carbons (Fsp3) is 0.125. The fourth-order valence-electron chi connectivity index (χ4n) is 2.33. The maximum atomic E-state index is 12.2. The van der Waals surface area contributed by atoms with Crippen LogP contribution < -0.4 is 10.2 Å². The Morgan fingerprint density at radius 3 is 2.70 bits per heavy atom. The highest BCUT2D eigenvalue weighted by atomic mass is 16.5. The van der Waals surface area contributed by atoms with Crippen LogP contribution in [0.1, 0.15) is 11.1 Å². The van der Waals surface area contributed by atoms with Gasteiger partial charge in [0, 0.05) is 12.7 Å². The summed E-state index contributed by atoms with van der Waals surface area (Å²) in [5, 5.41) is 18.9. The third kappa shape index (κ3) is 2.58. The largest absolute Gasteiger partial charge is 0.497 e. The molecule has 1 N–H and O–H groups in total. The van der Waals surface area contributed by atoms with Gasteiger partial charge in [-0.05, 0) is 17.7 Å². The Labute approximate surface area is 131 Å². The molecule has 1 aromatic carbocycles. The molecule has 0 fully saturated rings. The lowest BCUT2D eigenvalue weighted by Crippen LogP contribution is -2.15. The van der Waals surface area contributed by atoms with Crippen LogP contribution in [0.2, 0.25) is 0 Å². The molecule has 7 nitrogen and oxygen atoms in total. The van der Waals surface area contributed by atoms with Crippen molar-refractivity contribution in [1.82, 2.24) is 14.5 Å². The molecule has 0 aliphatic carbocycles. The fourth-order valence-corrected chi connectivity index (χ4v) is 2.33. The van der Waals surface area contributed by atoms with Crippen molar-refractivity contribution in [1.29, 1.82) is 5.26 Å². The van der Waals surface area contributed by atoms with Crippen molar-refractivity contribution < 1.29 is 9.84 Å². The van der Waals surface area contributed by atoms with Crippen molar-refractivity contribution in [2.45, 2.75) is 6.54 Å². The van der Waals surface area contributed by atoms with Crippen molar-refractivity contribution in [3.63, 3.8) is 0 Å². The standard InChI is InChI=1S/C16H12N4O3/c1-23-12-4-2-10(3-5-12)7-20-8-11(6-17)14(21)13-15(20)18-9-19-16(13)22/h2-5,8-9H,7H2,1H3,(H,18,19,22). The number of aromatic nitrogens is 3. The lowest BCUT2D eigenvalue weighted by Gasteiger charge is -2.11. The Hall–Kier alpha value is -3.40. The molecule has 2 heterocycles. The molecule has 2 aromatic heterocycles. The number of ether oxygens (including phenoxy) is 1. The zero-order chi connectivity index (χ0) is 16.4. The molecular formula is C16H12N4O3. The van der Waals surface area contributed by atoms with Gasteiger partial charge in [-0.1, -0.05) is 12.1 Å². The summed E-state index contributed by atoms with van der Waals surface area (Å²) in [5.74, 6) is 0.303. The van der Waals surface area contributed by atoms with Gasteiger partial charge in [0.2, 0.25) is 11.3 Å². The first kappa shape index (κ1) is 14.5. The van der Waals surface area contributed by atoms with E-state index in [1.165, 1.54) is 12.5 Å². The molecule has 0 bridgehead atoms. The Balaban J connectivity index is 2.17. The molecular weight excluding hydrogens is 296 g/mol. The van der Waals surface area contributed by atoms with Crippen LogP contribution in [0.3, 0.4) is 0 Å². The second-order valence-electron chi connectivity index (χ2n) is 4.86. The van der Waals surface area contributed by atoms with E-state index >= 15 is 0 Å². The number of fused-ring (bicyclic) bond motifs is 1. The summed E-state index contributed by atoms with van der Waals surface area (Å²) in [7, 11) is 1.59. The predicted octanol–water partition coefficient (Wildman–Crippen LogP) is 1.43.